The van der Waals surface area contributed by atoms with Crippen LogP contribution in [-0.2, 0) is 0 Å². The van der Waals surface area contributed by atoms with Gasteiger partial charge in [0, 0.05) is 31.6 Å². The Labute approximate surface area is 132 Å². The molecular formula is C18H26N2O2. The zero-order valence-electron chi connectivity index (χ0n) is 13.6. The average Bonchev–Trinajstić information content (AvgIpc) is 2.55. The lowest BCUT2D eigenvalue weighted by Gasteiger charge is -2.31. The quantitative estimate of drug-likeness (QED) is 0.846. The van der Waals surface area contributed by atoms with Gasteiger partial charge in [-0.2, -0.15) is 0 Å². The maximum atomic E-state index is 12.1. The van der Waals surface area contributed by atoms with E-state index < -0.39 is 0 Å². The molecule has 1 aromatic rings. The van der Waals surface area contributed by atoms with Crippen molar-refractivity contribution in [3.8, 4) is 0 Å². The molecule has 120 valence electrons. The number of hydrogen-bond donors (Lipinski definition) is 1. The number of benzene rings is 1. The molecule has 2 amide bonds. The molecule has 4 heteroatoms. The second kappa shape index (κ2) is 7.97. The van der Waals surface area contributed by atoms with Crippen molar-refractivity contribution in [1.29, 1.82) is 0 Å². The highest BCUT2D eigenvalue weighted by atomic mass is 16.2. The molecular weight excluding hydrogens is 276 g/mol. The summed E-state index contributed by atoms with van der Waals surface area (Å²) in [5.74, 6) is 0.0700. The van der Waals surface area contributed by atoms with Crippen molar-refractivity contribution in [2.45, 2.75) is 51.5 Å². The van der Waals surface area contributed by atoms with Gasteiger partial charge < -0.3 is 10.2 Å². The molecule has 0 aliphatic heterocycles. The Kier molecular flexibility index (Phi) is 5.99. The lowest BCUT2D eigenvalue weighted by atomic mass is 9.95. The van der Waals surface area contributed by atoms with E-state index in [2.05, 4.69) is 5.32 Å². The fourth-order valence-electron chi connectivity index (χ4n) is 2.93. The van der Waals surface area contributed by atoms with Gasteiger partial charge in [0.15, 0.2) is 5.78 Å². The normalized spacial score (nSPS) is 15.4. The van der Waals surface area contributed by atoms with Crippen molar-refractivity contribution >= 4 is 11.8 Å². The van der Waals surface area contributed by atoms with Crippen LogP contribution in [-0.4, -0.2) is 36.3 Å². The largest absolute Gasteiger partial charge is 0.338 e. The summed E-state index contributed by atoms with van der Waals surface area (Å²) in [5.41, 5.74) is 1.85. The van der Waals surface area contributed by atoms with Gasteiger partial charge in [-0.25, -0.2) is 4.79 Å². The number of nitrogens with zero attached hydrogens (tertiary/aromatic N) is 1. The second-order valence-electron chi connectivity index (χ2n) is 6.17. The molecule has 0 bridgehead atoms. The monoisotopic (exact) mass is 302 g/mol. The van der Waals surface area contributed by atoms with E-state index in [4.69, 9.17) is 0 Å². The average molecular weight is 302 g/mol. The molecule has 1 aliphatic rings. The maximum absolute atomic E-state index is 12.1. The third-order valence-corrected chi connectivity index (χ3v) is 4.44. The number of carbonyl (C=O) groups excluding carboxylic acids is 2. The van der Waals surface area contributed by atoms with Crippen molar-refractivity contribution in [1.82, 2.24) is 10.2 Å². The van der Waals surface area contributed by atoms with E-state index in [1.807, 2.05) is 38.2 Å². The van der Waals surface area contributed by atoms with Crippen LogP contribution >= 0.6 is 0 Å². The Hall–Kier alpha value is -1.84. The van der Waals surface area contributed by atoms with Crippen LogP contribution in [0.3, 0.4) is 0 Å². The standard InChI is InChI=1S/C18H26N2O2/c1-14-8-10-15(11-9-14)17(21)12-13-19-18(22)20(2)16-6-4-3-5-7-16/h8-11,16H,3-7,12-13H2,1-2H3,(H,19,22). The van der Waals surface area contributed by atoms with Crippen LogP contribution in [0.25, 0.3) is 0 Å². The van der Waals surface area contributed by atoms with Gasteiger partial charge in [0.05, 0.1) is 0 Å². The molecule has 0 spiro atoms. The van der Waals surface area contributed by atoms with Crippen molar-refractivity contribution in [3.05, 3.63) is 35.4 Å². The van der Waals surface area contributed by atoms with Crippen molar-refractivity contribution in [2.24, 2.45) is 0 Å². The third kappa shape index (κ3) is 4.58. The summed E-state index contributed by atoms with van der Waals surface area (Å²) in [7, 11) is 1.85. The first-order valence-electron chi connectivity index (χ1n) is 8.18. The molecule has 0 radical (unpaired) electrons. The van der Waals surface area contributed by atoms with Crippen LogP contribution < -0.4 is 5.32 Å². The molecule has 2 rings (SSSR count). The number of carbonyl (C=O) groups is 2. The van der Waals surface area contributed by atoms with Crippen LogP contribution in [0.4, 0.5) is 4.79 Å². The van der Waals surface area contributed by atoms with Crippen LogP contribution in [0.15, 0.2) is 24.3 Å². The summed E-state index contributed by atoms with van der Waals surface area (Å²) in [6.07, 6.45) is 6.20. The molecule has 4 nitrogen and oxygen atoms in total. The van der Waals surface area contributed by atoms with E-state index in [0.29, 0.717) is 24.6 Å². The minimum atomic E-state index is -0.0661. The third-order valence-electron chi connectivity index (χ3n) is 4.44. The lowest BCUT2D eigenvalue weighted by molar-refractivity contribution is 0.0982. The second-order valence-corrected chi connectivity index (χ2v) is 6.17. The molecule has 1 fully saturated rings. The number of amides is 2. The van der Waals surface area contributed by atoms with E-state index >= 15 is 0 Å². The summed E-state index contributed by atoms with van der Waals surface area (Å²) in [4.78, 5) is 26.0. The smallest absolute Gasteiger partial charge is 0.317 e. The molecule has 22 heavy (non-hydrogen) atoms. The van der Waals surface area contributed by atoms with E-state index in [-0.39, 0.29) is 11.8 Å². The van der Waals surface area contributed by atoms with Gasteiger partial charge in [-0.1, -0.05) is 49.1 Å². The predicted octanol–water partition coefficient (Wildman–Crippen LogP) is 3.54. The van der Waals surface area contributed by atoms with Crippen molar-refractivity contribution < 1.29 is 9.59 Å². The zero-order valence-corrected chi connectivity index (χ0v) is 13.6. The maximum Gasteiger partial charge on any atom is 0.317 e. The highest BCUT2D eigenvalue weighted by Crippen LogP contribution is 2.21. The molecule has 1 N–H and O–H groups in total. The SMILES string of the molecule is Cc1ccc(C(=O)CCNC(=O)N(C)C2CCCCC2)cc1. The molecule has 1 aromatic carbocycles. The number of nitrogens with one attached hydrogen (secondary N) is 1. The topological polar surface area (TPSA) is 49.4 Å². The molecule has 0 saturated heterocycles. The van der Waals surface area contributed by atoms with Gasteiger partial charge in [0.25, 0.3) is 0 Å². The minimum absolute atomic E-state index is 0.0661. The van der Waals surface area contributed by atoms with Gasteiger partial charge in [-0.3, -0.25) is 4.79 Å². The van der Waals surface area contributed by atoms with Gasteiger partial charge in [-0.05, 0) is 19.8 Å². The fourth-order valence-corrected chi connectivity index (χ4v) is 2.93. The molecule has 0 unspecified atom stereocenters. The Morgan fingerprint density at radius 3 is 2.41 bits per heavy atom. The first kappa shape index (κ1) is 16.5. The number of Topliss-reactive ketones (excluding diaryl/α,β-unsaturated/α-hetero) is 1. The van der Waals surface area contributed by atoms with Crippen molar-refractivity contribution in [2.75, 3.05) is 13.6 Å². The molecule has 0 aromatic heterocycles. The predicted molar refractivity (Wildman–Crippen MR) is 88.2 cm³/mol. The van der Waals surface area contributed by atoms with Gasteiger partial charge in [0.1, 0.15) is 0 Å². The zero-order chi connectivity index (χ0) is 15.9. The van der Waals surface area contributed by atoms with E-state index in [1.54, 1.807) is 4.90 Å². The number of urea groups is 1. The number of rotatable bonds is 5. The van der Waals surface area contributed by atoms with Gasteiger partial charge >= 0.3 is 6.03 Å². The number of aryl methyl sites for hydroxylation is 1. The highest BCUT2D eigenvalue weighted by Gasteiger charge is 2.21. The van der Waals surface area contributed by atoms with Crippen molar-refractivity contribution in [3.63, 3.8) is 0 Å². The molecule has 1 aliphatic carbocycles. The number of hydrogen-bond acceptors (Lipinski definition) is 2. The Morgan fingerprint density at radius 2 is 1.77 bits per heavy atom. The lowest BCUT2D eigenvalue weighted by Crippen LogP contribution is -2.44. The van der Waals surface area contributed by atoms with E-state index in [9.17, 15) is 9.59 Å². The summed E-state index contributed by atoms with van der Waals surface area (Å²) in [6, 6.07) is 7.83. The van der Waals surface area contributed by atoms with E-state index in [1.165, 1.54) is 19.3 Å². The summed E-state index contributed by atoms with van der Waals surface area (Å²) < 4.78 is 0. The van der Waals surface area contributed by atoms with Gasteiger partial charge in [-0.15, -0.1) is 0 Å². The minimum Gasteiger partial charge on any atom is -0.338 e. The summed E-state index contributed by atoms with van der Waals surface area (Å²) >= 11 is 0. The van der Waals surface area contributed by atoms with E-state index in [0.717, 1.165) is 18.4 Å². The first-order valence-corrected chi connectivity index (χ1v) is 8.18. The fraction of sp³-hybridized carbons (Fsp3) is 0.556. The summed E-state index contributed by atoms with van der Waals surface area (Å²) in [5, 5.41) is 2.86. The number of ketones is 1. The summed E-state index contributed by atoms with van der Waals surface area (Å²) in [6.45, 7) is 2.39. The first-order chi connectivity index (χ1) is 10.6. The molecule has 0 heterocycles. The van der Waals surface area contributed by atoms with Gasteiger partial charge in [0.2, 0.25) is 0 Å². The Morgan fingerprint density at radius 1 is 1.14 bits per heavy atom. The Balaban J connectivity index is 1.74. The van der Waals surface area contributed by atoms with Crippen LogP contribution in [0.1, 0.15) is 54.4 Å². The van der Waals surface area contributed by atoms with Crippen LogP contribution in [0.5, 0.6) is 0 Å². The van der Waals surface area contributed by atoms with Crippen LogP contribution in [0.2, 0.25) is 0 Å². The van der Waals surface area contributed by atoms with Crippen LogP contribution in [0, 0.1) is 6.92 Å². The highest BCUT2D eigenvalue weighted by molar-refractivity contribution is 5.96. The Bertz CT molecular complexity index is 504. The molecule has 0 atom stereocenters. The molecule has 1 saturated carbocycles.